The fourth-order valence-electron chi connectivity index (χ4n) is 2.92. The lowest BCUT2D eigenvalue weighted by Crippen LogP contribution is -2.41. The molecule has 0 radical (unpaired) electrons. The summed E-state index contributed by atoms with van der Waals surface area (Å²) in [7, 11) is 0. The summed E-state index contributed by atoms with van der Waals surface area (Å²) in [4.78, 5) is 11.2. The van der Waals surface area contributed by atoms with Gasteiger partial charge in [-0.25, -0.2) is 0 Å². The van der Waals surface area contributed by atoms with Crippen molar-refractivity contribution >= 4 is 17.7 Å². The van der Waals surface area contributed by atoms with Gasteiger partial charge in [-0.3, -0.25) is 4.79 Å². The van der Waals surface area contributed by atoms with Gasteiger partial charge in [-0.2, -0.15) is 0 Å². The number of rotatable bonds is 3. The van der Waals surface area contributed by atoms with Gasteiger partial charge in [0, 0.05) is 11.9 Å². The van der Waals surface area contributed by atoms with Gasteiger partial charge < -0.3 is 9.84 Å². The summed E-state index contributed by atoms with van der Waals surface area (Å²) in [5.41, 5.74) is 0.0878. The number of thioether (sulfide) groups is 1. The number of carboxylic acids is 1. The highest BCUT2D eigenvalue weighted by molar-refractivity contribution is 8.01. The summed E-state index contributed by atoms with van der Waals surface area (Å²) in [6.45, 7) is 4.40. The summed E-state index contributed by atoms with van der Waals surface area (Å²) >= 11 is 1.61. The Labute approximate surface area is 107 Å². The molecule has 3 nitrogen and oxygen atoms in total. The predicted octanol–water partition coefficient (Wildman–Crippen LogP) is 3.07. The summed E-state index contributed by atoms with van der Waals surface area (Å²) in [5, 5.41) is 9.61. The molecular formula is C13H22O3S. The fraction of sp³-hybridized carbons (Fsp3) is 0.923. The highest BCUT2D eigenvalue weighted by atomic mass is 32.2. The molecule has 98 valence electrons. The quantitative estimate of drug-likeness (QED) is 0.845. The Morgan fingerprint density at radius 2 is 2.06 bits per heavy atom. The molecule has 2 aliphatic rings. The van der Waals surface area contributed by atoms with E-state index in [0.29, 0.717) is 5.25 Å². The predicted molar refractivity (Wildman–Crippen MR) is 69.5 cm³/mol. The zero-order chi connectivity index (χ0) is 12.5. The largest absolute Gasteiger partial charge is 0.480 e. The van der Waals surface area contributed by atoms with Crippen LogP contribution in [0.15, 0.2) is 0 Å². The minimum absolute atomic E-state index is 0.0878. The standard InChI is InChI=1S/C13H22O3S/c1-12(2,11(14)15)17-10-5-8-16-13(9-10)6-3-4-7-13/h10H,3-9H2,1-2H3,(H,14,15). The summed E-state index contributed by atoms with van der Waals surface area (Å²) in [6, 6.07) is 0. The minimum Gasteiger partial charge on any atom is -0.480 e. The van der Waals surface area contributed by atoms with Gasteiger partial charge in [-0.15, -0.1) is 11.8 Å². The van der Waals surface area contributed by atoms with Crippen LogP contribution in [0.1, 0.15) is 52.4 Å². The highest BCUT2D eigenvalue weighted by Gasteiger charge is 2.42. The average molecular weight is 258 g/mol. The Morgan fingerprint density at radius 3 is 2.65 bits per heavy atom. The maximum atomic E-state index is 11.2. The summed E-state index contributed by atoms with van der Waals surface area (Å²) in [5.74, 6) is -0.713. The lowest BCUT2D eigenvalue weighted by molar-refractivity contribution is -0.139. The van der Waals surface area contributed by atoms with Crippen LogP contribution in [0.25, 0.3) is 0 Å². The van der Waals surface area contributed by atoms with Crippen molar-refractivity contribution in [2.24, 2.45) is 0 Å². The molecule has 0 bridgehead atoms. The molecule has 0 amide bonds. The van der Waals surface area contributed by atoms with Gasteiger partial charge >= 0.3 is 5.97 Å². The van der Waals surface area contributed by atoms with Gasteiger partial charge in [0.1, 0.15) is 4.75 Å². The molecule has 1 saturated heterocycles. The van der Waals surface area contributed by atoms with E-state index in [0.717, 1.165) is 32.3 Å². The first-order valence-electron chi connectivity index (χ1n) is 6.49. The lowest BCUT2D eigenvalue weighted by atomic mass is 9.92. The van der Waals surface area contributed by atoms with Crippen LogP contribution in [-0.4, -0.2) is 33.3 Å². The number of aliphatic carboxylic acids is 1. The van der Waals surface area contributed by atoms with E-state index in [1.165, 1.54) is 12.8 Å². The number of hydrogen-bond acceptors (Lipinski definition) is 3. The molecule has 1 aliphatic heterocycles. The molecular weight excluding hydrogens is 236 g/mol. The number of carboxylic acid groups (broad SMARTS) is 1. The molecule has 1 N–H and O–H groups in total. The molecule has 2 rings (SSSR count). The van der Waals surface area contributed by atoms with Crippen LogP contribution in [0.5, 0.6) is 0 Å². The van der Waals surface area contributed by atoms with Gasteiger partial charge in [0.15, 0.2) is 0 Å². The Morgan fingerprint density at radius 1 is 1.41 bits per heavy atom. The van der Waals surface area contributed by atoms with E-state index < -0.39 is 10.7 Å². The highest BCUT2D eigenvalue weighted by Crippen LogP contribution is 2.45. The van der Waals surface area contributed by atoms with Crippen LogP contribution in [0.2, 0.25) is 0 Å². The first-order valence-corrected chi connectivity index (χ1v) is 7.37. The molecule has 4 heteroatoms. The Bertz CT molecular complexity index is 295. The molecule has 1 aliphatic carbocycles. The third-order valence-corrected chi connectivity index (χ3v) is 5.44. The molecule has 0 aromatic heterocycles. The molecule has 17 heavy (non-hydrogen) atoms. The number of carbonyl (C=O) groups is 1. The maximum absolute atomic E-state index is 11.2. The van der Waals surface area contributed by atoms with E-state index >= 15 is 0 Å². The maximum Gasteiger partial charge on any atom is 0.319 e. The molecule has 1 unspecified atom stereocenters. The van der Waals surface area contributed by atoms with Gasteiger partial charge in [0.05, 0.1) is 5.60 Å². The van der Waals surface area contributed by atoms with Gasteiger partial charge in [0.2, 0.25) is 0 Å². The normalized spacial score (nSPS) is 28.5. The lowest BCUT2D eigenvalue weighted by Gasteiger charge is -2.39. The zero-order valence-corrected chi connectivity index (χ0v) is 11.5. The topological polar surface area (TPSA) is 46.5 Å². The average Bonchev–Trinajstić information content (AvgIpc) is 2.65. The second-order valence-corrected chi connectivity index (χ2v) is 7.71. The second kappa shape index (κ2) is 4.81. The molecule has 2 fully saturated rings. The van der Waals surface area contributed by atoms with Gasteiger partial charge in [-0.1, -0.05) is 12.8 Å². The second-order valence-electron chi connectivity index (χ2n) is 5.79. The molecule has 1 spiro atoms. The van der Waals surface area contributed by atoms with Crippen molar-refractivity contribution in [1.82, 2.24) is 0 Å². The number of ether oxygens (including phenoxy) is 1. The summed E-state index contributed by atoms with van der Waals surface area (Å²) in [6.07, 6.45) is 6.88. The van der Waals surface area contributed by atoms with Crippen molar-refractivity contribution in [3.05, 3.63) is 0 Å². The SMILES string of the molecule is CC(C)(SC1CCOC2(CCCC2)C1)C(=O)O. The number of hydrogen-bond donors (Lipinski definition) is 1. The third-order valence-electron chi connectivity index (χ3n) is 3.94. The van der Waals surface area contributed by atoms with Crippen molar-refractivity contribution in [2.45, 2.75) is 68.0 Å². The Balaban J connectivity index is 1.96. The zero-order valence-electron chi connectivity index (χ0n) is 10.7. The van der Waals surface area contributed by atoms with Crippen molar-refractivity contribution in [3.63, 3.8) is 0 Å². The van der Waals surface area contributed by atoms with Crippen LogP contribution in [0.4, 0.5) is 0 Å². The van der Waals surface area contributed by atoms with Crippen LogP contribution in [-0.2, 0) is 9.53 Å². The third kappa shape index (κ3) is 2.97. The first kappa shape index (κ1) is 13.2. The molecule has 0 aromatic rings. The van der Waals surface area contributed by atoms with E-state index in [1.807, 2.05) is 0 Å². The van der Waals surface area contributed by atoms with Gasteiger partial charge in [0.25, 0.3) is 0 Å². The van der Waals surface area contributed by atoms with Crippen LogP contribution >= 0.6 is 11.8 Å². The first-order chi connectivity index (χ1) is 7.94. The van der Waals surface area contributed by atoms with E-state index in [-0.39, 0.29) is 5.60 Å². The Kier molecular flexibility index (Phi) is 3.74. The van der Waals surface area contributed by atoms with Crippen molar-refractivity contribution < 1.29 is 14.6 Å². The van der Waals surface area contributed by atoms with Crippen LogP contribution in [0, 0.1) is 0 Å². The molecule has 1 atom stereocenters. The molecule has 0 aromatic carbocycles. The van der Waals surface area contributed by atoms with Crippen molar-refractivity contribution in [2.75, 3.05) is 6.61 Å². The van der Waals surface area contributed by atoms with Crippen molar-refractivity contribution in [3.8, 4) is 0 Å². The minimum atomic E-state index is -0.713. The van der Waals surface area contributed by atoms with Crippen LogP contribution < -0.4 is 0 Å². The van der Waals surface area contributed by atoms with Gasteiger partial charge in [-0.05, 0) is 39.5 Å². The Hall–Kier alpha value is -0.220. The van der Waals surface area contributed by atoms with E-state index in [9.17, 15) is 9.90 Å². The van der Waals surface area contributed by atoms with E-state index in [4.69, 9.17) is 4.74 Å². The fourth-order valence-corrected chi connectivity index (χ4v) is 4.45. The van der Waals surface area contributed by atoms with E-state index in [1.54, 1.807) is 25.6 Å². The molecule has 1 saturated carbocycles. The summed E-state index contributed by atoms with van der Waals surface area (Å²) < 4.78 is 5.29. The molecule has 1 heterocycles. The van der Waals surface area contributed by atoms with Crippen molar-refractivity contribution in [1.29, 1.82) is 0 Å². The smallest absolute Gasteiger partial charge is 0.319 e. The van der Waals surface area contributed by atoms with Crippen LogP contribution in [0.3, 0.4) is 0 Å². The monoisotopic (exact) mass is 258 g/mol. The van der Waals surface area contributed by atoms with E-state index in [2.05, 4.69) is 0 Å².